The second-order valence-corrected chi connectivity index (χ2v) is 4.90. The normalized spacial score (nSPS) is 10.8. The standard InChI is InChI=1S/C17H27O/c1-3-4-9-14-18-15-10-5-6-12-17-13-8-7-11-16(17)2/h7-8,11,13H,2-6,9-10,12,14-15H2,1H3. The molecule has 0 saturated heterocycles. The Kier molecular flexibility index (Phi) is 8.58. The van der Waals surface area contributed by atoms with Gasteiger partial charge < -0.3 is 4.74 Å². The average molecular weight is 247 g/mol. The van der Waals surface area contributed by atoms with Gasteiger partial charge in [-0.3, -0.25) is 0 Å². The summed E-state index contributed by atoms with van der Waals surface area (Å²) in [5, 5.41) is 0. The largest absolute Gasteiger partial charge is 0.381 e. The first-order valence-corrected chi connectivity index (χ1v) is 7.32. The van der Waals surface area contributed by atoms with Crippen LogP contribution in [0.1, 0.15) is 56.6 Å². The third-order valence-electron chi connectivity index (χ3n) is 3.25. The molecule has 0 N–H and O–H groups in total. The van der Waals surface area contributed by atoms with Crippen molar-refractivity contribution < 1.29 is 4.74 Å². The minimum Gasteiger partial charge on any atom is -0.381 e. The van der Waals surface area contributed by atoms with Gasteiger partial charge in [0, 0.05) is 13.2 Å². The highest BCUT2D eigenvalue weighted by molar-refractivity contribution is 5.29. The average Bonchev–Trinajstić information content (AvgIpc) is 2.39. The maximum Gasteiger partial charge on any atom is 0.0466 e. The smallest absolute Gasteiger partial charge is 0.0466 e. The zero-order chi connectivity index (χ0) is 13.1. The zero-order valence-corrected chi connectivity index (χ0v) is 11.8. The number of unbranched alkanes of at least 4 members (excludes halogenated alkanes) is 4. The summed E-state index contributed by atoms with van der Waals surface area (Å²) in [7, 11) is 0. The predicted molar refractivity (Wildman–Crippen MR) is 78.8 cm³/mol. The van der Waals surface area contributed by atoms with Gasteiger partial charge in [0.05, 0.1) is 0 Å². The van der Waals surface area contributed by atoms with Crippen LogP contribution in [0.3, 0.4) is 0 Å². The summed E-state index contributed by atoms with van der Waals surface area (Å²) in [4.78, 5) is 0. The van der Waals surface area contributed by atoms with Crippen LogP contribution < -0.4 is 0 Å². The molecule has 0 bridgehead atoms. The molecule has 0 amide bonds. The first kappa shape index (κ1) is 15.2. The Bertz CT molecular complexity index is 306. The van der Waals surface area contributed by atoms with Gasteiger partial charge in [-0.25, -0.2) is 0 Å². The van der Waals surface area contributed by atoms with Gasteiger partial charge in [-0.2, -0.15) is 0 Å². The summed E-state index contributed by atoms with van der Waals surface area (Å²) in [5.74, 6) is 0. The fourth-order valence-electron chi connectivity index (χ4n) is 2.05. The minimum absolute atomic E-state index is 0.926. The number of rotatable bonds is 10. The molecule has 0 saturated carbocycles. The fourth-order valence-corrected chi connectivity index (χ4v) is 2.05. The molecule has 101 valence electrons. The minimum atomic E-state index is 0.926. The number of benzene rings is 1. The van der Waals surface area contributed by atoms with Gasteiger partial charge in [0.15, 0.2) is 0 Å². The first-order valence-electron chi connectivity index (χ1n) is 7.32. The van der Waals surface area contributed by atoms with E-state index in [0.29, 0.717) is 0 Å². The summed E-state index contributed by atoms with van der Waals surface area (Å²) in [5.41, 5.74) is 2.56. The SMILES string of the molecule is [CH2]c1ccccc1CCCCCOCCCCC. The molecule has 1 aromatic carbocycles. The van der Waals surface area contributed by atoms with E-state index in [2.05, 4.69) is 38.1 Å². The third-order valence-corrected chi connectivity index (χ3v) is 3.25. The van der Waals surface area contributed by atoms with Crippen molar-refractivity contribution in [2.45, 2.75) is 51.9 Å². The molecular formula is C17H27O. The van der Waals surface area contributed by atoms with E-state index in [0.717, 1.165) is 19.6 Å². The van der Waals surface area contributed by atoms with E-state index in [4.69, 9.17) is 4.74 Å². The molecule has 1 radical (unpaired) electrons. The predicted octanol–water partition coefficient (Wildman–Crippen LogP) is 4.79. The van der Waals surface area contributed by atoms with Gasteiger partial charge in [0.1, 0.15) is 0 Å². The molecule has 0 unspecified atom stereocenters. The Balaban J connectivity index is 1.94. The van der Waals surface area contributed by atoms with Crippen LogP contribution in [0.4, 0.5) is 0 Å². The van der Waals surface area contributed by atoms with Crippen molar-refractivity contribution in [1.29, 1.82) is 0 Å². The molecule has 0 spiro atoms. The molecular weight excluding hydrogens is 220 g/mol. The highest BCUT2D eigenvalue weighted by Crippen LogP contribution is 2.11. The molecule has 1 heteroatoms. The molecule has 18 heavy (non-hydrogen) atoms. The van der Waals surface area contributed by atoms with Crippen LogP contribution in [0, 0.1) is 6.92 Å². The first-order chi connectivity index (χ1) is 8.84. The van der Waals surface area contributed by atoms with Gasteiger partial charge in [-0.1, -0.05) is 50.5 Å². The Labute approximate surface area is 113 Å². The van der Waals surface area contributed by atoms with Crippen molar-refractivity contribution in [3.63, 3.8) is 0 Å². The van der Waals surface area contributed by atoms with Crippen LogP contribution in [0.25, 0.3) is 0 Å². The van der Waals surface area contributed by atoms with Crippen LogP contribution >= 0.6 is 0 Å². The number of aryl methyl sites for hydroxylation is 1. The highest BCUT2D eigenvalue weighted by atomic mass is 16.5. The molecule has 0 aromatic heterocycles. The molecule has 1 nitrogen and oxygen atoms in total. The number of hydrogen-bond donors (Lipinski definition) is 0. The van der Waals surface area contributed by atoms with Crippen molar-refractivity contribution in [3.05, 3.63) is 42.3 Å². The molecule has 0 aliphatic rings. The molecule has 0 fully saturated rings. The second-order valence-electron chi connectivity index (χ2n) is 4.90. The van der Waals surface area contributed by atoms with E-state index in [1.54, 1.807) is 0 Å². The highest BCUT2D eigenvalue weighted by Gasteiger charge is 1.97. The maximum atomic E-state index is 5.60. The summed E-state index contributed by atoms with van der Waals surface area (Å²) in [6, 6.07) is 8.42. The second kappa shape index (κ2) is 10.1. The molecule has 1 rings (SSSR count). The van der Waals surface area contributed by atoms with E-state index in [9.17, 15) is 0 Å². The van der Waals surface area contributed by atoms with Crippen LogP contribution in [0.15, 0.2) is 24.3 Å². The van der Waals surface area contributed by atoms with Gasteiger partial charge >= 0.3 is 0 Å². The van der Waals surface area contributed by atoms with Crippen LogP contribution in [-0.4, -0.2) is 13.2 Å². The Morgan fingerprint density at radius 1 is 0.944 bits per heavy atom. The van der Waals surface area contributed by atoms with Crippen LogP contribution in [0.2, 0.25) is 0 Å². The molecule has 0 atom stereocenters. The summed E-state index contributed by atoms with van der Waals surface area (Å²) < 4.78 is 5.60. The fraction of sp³-hybridized carbons (Fsp3) is 0.588. The lowest BCUT2D eigenvalue weighted by molar-refractivity contribution is 0.126. The quantitative estimate of drug-likeness (QED) is 0.540. The Morgan fingerprint density at radius 3 is 2.39 bits per heavy atom. The van der Waals surface area contributed by atoms with Gasteiger partial charge in [0.2, 0.25) is 0 Å². The lowest BCUT2D eigenvalue weighted by Gasteiger charge is -2.06. The van der Waals surface area contributed by atoms with Crippen molar-refractivity contribution in [1.82, 2.24) is 0 Å². The van der Waals surface area contributed by atoms with Gasteiger partial charge in [0.25, 0.3) is 0 Å². The topological polar surface area (TPSA) is 9.23 Å². The molecule has 0 aliphatic heterocycles. The van der Waals surface area contributed by atoms with Crippen molar-refractivity contribution in [2.24, 2.45) is 0 Å². The van der Waals surface area contributed by atoms with E-state index in [1.165, 1.54) is 49.7 Å². The molecule has 0 heterocycles. The van der Waals surface area contributed by atoms with Crippen LogP contribution in [-0.2, 0) is 11.2 Å². The summed E-state index contributed by atoms with van der Waals surface area (Å²) in [6.07, 6.45) is 8.60. The number of ether oxygens (including phenoxy) is 1. The van der Waals surface area contributed by atoms with Crippen molar-refractivity contribution in [2.75, 3.05) is 13.2 Å². The van der Waals surface area contributed by atoms with E-state index in [-0.39, 0.29) is 0 Å². The van der Waals surface area contributed by atoms with Crippen molar-refractivity contribution in [3.8, 4) is 0 Å². The molecule has 1 aromatic rings. The van der Waals surface area contributed by atoms with E-state index >= 15 is 0 Å². The monoisotopic (exact) mass is 247 g/mol. The maximum absolute atomic E-state index is 5.60. The van der Waals surface area contributed by atoms with E-state index < -0.39 is 0 Å². The Hall–Kier alpha value is -0.820. The van der Waals surface area contributed by atoms with Gasteiger partial charge in [-0.15, -0.1) is 0 Å². The van der Waals surface area contributed by atoms with Gasteiger partial charge in [-0.05, 0) is 43.7 Å². The van der Waals surface area contributed by atoms with E-state index in [1.807, 2.05) is 0 Å². The lowest BCUT2D eigenvalue weighted by atomic mass is 10.0. The zero-order valence-electron chi connectivity index (χ0n) is 11.8. The lowest BCUT2D eigenvalue weighted by Crippen LogP contribution is -1.97. The van der Waals surface area contributed by atoms with Crippen LogP contribution in [0.5, 0.6) is 0 Å². The Morgan fingerprint density at radius 2 is 1.67 bits per heavy atom. The summed E-state index contributed by atoms with van der Waals surface area (Å²) in [6.45, 7) is 8.14. The van der Waals surface area contributed by atoms with Crippen molar-refractivity contribution >= 4 is 0 Å². The third kappa shape index (κ3) is 6.80. The molecule has 0 aliphatic carbocycles. The number of hydrogen-bond acceptors (Lipinski definition) is 1. The summed E-state index contributed by atoms with van der Waals surface area (Å²) >= 11 is 0.